The first-order chi connectivity index (χ1) is 14.0. The van der Waals surface area contributed by atoms with Gasteiger partial charge in [0.15, 0.2) is 11.9 Å². The molecule has 0 bridgehead atoms. The Morgan fingerprint density at radius 3 is 2.90 bits per heavy atom. The summed E-state index contributed by atoms with van der Waals surface area (Å²) in [6.45, 7) is 3.17. The molecule has 0 aliphatic carbocycles. The standard InChI is InChI=1S/C20H20N4O5/c1-12-9-16(24(26)27)18(28-2)10-15(12)22-20(25)29-17-7-8-23-11-13-5-3-4-6-14(13)21-19(17)23/h3-6,9-10,17H,7-8,11H2,1-2H3,(H,22,25). The lowest BCUT2D eigenvalue weighted by molar-refractivity contribution is -0.385. The summed E-state index contributed by atoms with van der Waals surface area (Å²) in [5.41, 5.74) is 2.81. The fourth-order valence-electron chi connectivity index (χ4n) is 3.60. The van der Waals surface area contributed by atoms with Gasteiger partial charge < -0.3 is 14.4 Å². The predicted molar refractivity (Wildman–Crippen MR) is 107 cm³/mol. The van der Waals surface area contributed by atoms with Crippen LogP contribution < -0.4 is 10.1 Å². The maximum absolute atomic E-state index is 12.5. The number of aliphatic imine (C=N–C) groups is 1. The number of nitro groups is 1. The van der Waals surface area contributed by atoms with Crippen LogP contribution in [0.25, 0.3) is 0 Å². The summed E-state index contributed by atoms with van der Waals surface area (Å²) in [5.74, 6) is 0.813. The molecule has 1 N–H and O–H groups in total. The zero-order valence-electron chi connectivity index (χ0n) is 16.0. The van der Waals surface area contributed by atoms with Crippen molar-refractivity contribution in [2.75, 3.05) is 19.0 Å². The van der Waals surface area contributed by atoms with Crippen molar-refractivity contribution in [1.82, 2.24) is 4.90 Å². The van der Waals surface area contributed by atoms with Crippen molar-refractivity contribution in [2.45, 2.75) is 26.0 Å². The maximum atomic E-state index is 12.5. The van der Waals surface area contributed by atoms with Crippen molar-refractivity contribution in [1.29, 1.82) is 0 Å². The highest BCUT2D eigenvalue weighted by molar-refractivity contribution is 5.95. The highest BCUT2D eigenvalue weighted by Gasteiger charge is 2.35. The molecule has 1 unspecified atom stereocenters. The van der Waals surface area contributed by atoms with Gasteiger partial charge in [-0.1, -0.05) is 18.2 Å². The van der Waals surface area contributed by atoms with E-state index in [1.807, 2.05) is 24.3 Å². The van der Waals surface area contributed by atoms with E-state index in [0.29, 0.717) is 17.7 Å². The normalized spacial score (nSPS) is 17.1. The molecule has 0 spiro atoms. The first-order valence-corrected chi connectivity index (χ1v) is 9.18. The lowest BCUT2D eigenvalue weighted by Gasteiger charge is -2.26. The number of carbonyl (C=O) groups excluding carboxylic acids is 1. The van der Waals surface area contributed by atoms with Crippen molar-refractivity contribution >= 4 is 29.0 Å². The highest BCUT2D eigenvalue weighted by Crippen LogP contribution is 2.34. The first-order valence-electron chi connectivity index (χ1n) is 9.18. The zero-order valence-corrected chi connectivity index (χ0v) is 16.0. The molecule has 29 heavy (non-hydrogen) atoms. The quantitative estimate of drug-likeness (QED) is 0.623. The fourth-order valence-corrected chi connectivity index (χ4v) is 3.60. The van der Waals surface area contributed by atoms with Gasteiger partial charge in [-0.25, -0.2) is 9.79 Å². The van der Waals surface area contributed by atoms with Crippen LogP contribution in [0.5, 0.6) is 5.75 Å². The van der Waals surface area contributed by atoms with Crippen LogP contribution in [0, 0.1) is 17.0 Å². The van der Waals surface area contributed by atoms with Crippen LogP contribution in [0.15, 0.2) is 41.4 Å². The van der Waals surface area contributed by atoms with Gasteiger partial charge in [-0.3, -0.25) is 15.4 Å². The lowest BCUT2D eigenvalue weighted by Crippen LogP contribution is -2.34. The second kappa shape index (κ2) is 7.42. The zero-order chi connectivity index (χ0) is 20.5. The molecule has 1 fully saturated rings. The van der Waals surface area contributed by atoms with E-state index in [0.717, 1.165) is 30.2 Å². The number of ether oxygens (including phenoxy) is 2. The highest BCUT2D eigenvalue weighted by atomic mass is 16.6. The van der Waals surface area contributed by atoms with Crippen LogP contribution in [0.2, 0.25) is 0 Å². The van der Waals surface area contributed by atoms with Crippen LogP contribution in [0.4, 0.5) is 21.9 Å². The number of rotatable bonds is 4. The number of hydrogen-bond donors (Lipinski definition) is 1. The number of aryl methyl sites for hydroxylation is 1. The minimum absolute atomic E-state index is 0.0659. The van der Waals surface area contributed by atoms with Gasteiger partial charge in [0.1, 0.15) is 5.84 Å². The Morgan fingerprint density at radius 1 is 1.34 bits per heavy atom. The molecule has 9 nitrogen and oxygen atoms in total. The largest absolute Gasteiger partial charge is 0.490 e. The molecule has 0 aromatic heterocycles. The number of nitrogens with zero attached hydrogens (tertiary/aromatic N) is 3. The number of anilines is 1. The Bertz CT molecular complexity index is 1020. The lowest BCUT2D eigenvalue weighted by atomic mass is 10.1. The van der Waals surface area contributed by atoms with Gasteiger partial charge in [-0.2, -0.15) is 0 Å². The van der Waals surface area contributed by atoms with Crippen molar-refractivity contribution < 1.29 is 19.2 Å². The number of methoxy groups -OCH3 is 1. The Balaban J connectivity index is 1.50. The molecule has 4 rings (SSSR count). The van der Waals surface area contributed by atoms with Crippen LogP contribution >= 0.6 is 0 Å². The van der Waals surface area contributed by atoms with Gasteiger partial charge in [-0.05, 0) is 24.1 Å². The van der Waals surface area contributed by atoms with Gasteiger partial charge >= 0.3 is 11.8 Å². The minimum atomic E-state index is -0.641. The van der Waals surface area contributed by atoms with E-state index in [1.54, 1.807) is 6.92 Å². The summed E-state index contributed by atoms with van der Waals surface area (Å²) >= 11 is 0. The fraction of sp³-hybridized carbons (Fsp3) is 0.300. The van der Waals surface area contributed by atoms with Gasteiger partial charge in [0.05, 0.1) is 23.4 Å². The molecule has 1 atom stereocenters. The number of fused-ring (bicyclic) bond motifs is 2. The topological polar surface area (TPSA) is 106 Å². The molecule has 9 heteroatoms. The third-order valence-electron chi connectivity index (χ3n) is 5.07. The second-order valence-corrected chi connectivity index (χ2v) is 6.92. The molecular formula is C20H20N4O5. The Hall–Kier alpha value is -3.62. The van der Waals surface area contributed by atoms with E-state index >= 15 is 0 Å². The smallest absolute Gasteiger partial charge is 0.412 e. The van der Waals surface area contributed by atoms with E-state index in [1.165, 1.54) is 19.2 Å². The maximum Gasteiger partial charge on any atom is 0.412 e. The van der Waals surface area contributed by atoms with Crippen LogP contribution in [-0.4, -0.2) is 41.5 Å². The van der Waals surface area contributed by atoms with Crippen LogP contribution in [0.3, 0.4) is 0 Å². The van der Waals surface area contributed by atoms with Gasteiger partial charge in [0.2, 0.25) is 0 Å². The molecular weight excluding hydrogens is 376 g/mol. The molecule has 2 aliphatic rings. The molecule has 2 aromatic rings. The van der Waals surface area contributed by atoms with Crippen molar-refractivity contribution in [3.8, 4) is 5.75 Å². The van der Waals surface area contributed by atoms with E-state index in [9.17, 15) is 14.9 Å². The average molecular weight is 396 g/mol. The number of amides is 1. The summed E-state index contributed by atoms with van der Waals surface area (Å²) in [6, 6.07) is 10.7. The van der Waals surface area contributed by atoms with Crippen molar-refractivity contribution in [2.24, 2.45) is 4.99 Å². The predicted octanol–water partition coefficient (Wildman–Crippen LogP) is 3.78. The van der Waals surface area contributed by atoms with Gasteiger partial charge in [-0.15, -0.1) is 0 Å². The molecule has 150 valence electrons. The number of carbonyl (C=O) groups is 1. The Morgan fingerprint density at radius 2 is 2.14 bits per heavy atom. The van der Waals surface area contributed by atoms with Gasteiger partial charge in [0.25, 0.3) is 0 Å². The van der Waals surface area contributed by atoms with E-state index < -0.39 is 17.1 Å². The monoisotopic (exact) mass is 396 g/mol. The van der Waals surface area contributed by atoms with Crippen LogP contribution in [-0.2, 0) is 11.3 Å². The summed E-state index contributed by atoms with van der Waals surface area (Å²) in [6.07, 6.45) is -0.427. The van der Waals surface area contributed by atoms with E-state index in [4.69, 9.17) is 9.47 Å². The summed E-state index contributed by atoms with van der Waals surface area (Å²) in [7, 11) is 1.34. The number of hydrogen-bond acceptors (Lipinski definition) is 7. The van der Waals surface area contributed by atoms with Crippen LogP contribution in [0.1, 0.15) is 17.5 Å². The Labute approximate surface area is 167 Å². The number of amidine groups is 1. The summed E-state index contributed by atoms with van der Waals surface area (Å²) < 4.78 is 10.7. The number of nitro benzene ring substituents is 1. The Kier molecular flexibility index (Phi) is 4.79. The molecule has 1 amide bonds. The van der Waals surface area contributed by atoms with E-state index in [2.05, 4.69) is 15.2 Å². The molecule has 0 saturated carbocycles. The minimum Gasteiger partial charge on any atom is -0.490 e. The number of nitrogens with one attached hydrogen (secondary N) is 1. The number of para-hydroxylation sites is 1. The van der Waals surface area contributed by atoms with Crippen molar-refractivity contribution in [3.05, 3.63) is 57.6 Å². The third kappa shape index (κ3) is 3.58. The second-order valence-electron chi connectivity index (χ2n) is 6.92. The third-order valence-corrected chi connectivity index (χ3v) is 5.07. The molecule has 2 heterocycles. The number of benzene rings is 2. The van der Waals surface area contributed by atoms with Crippen molar-refractivity contribution in [3.63, 3.8) is 0 Å². The molecule has 1 saturated heterocycles. The molecule has 2 aliphatic heterocycles. The summed E-state index contributed by atoms with van der Waals surface area (Å²) in [4.78, 5) is 29.8. The average Bonchev–Trinajstić information content (AvgIpc) is 3.08. The molecule has 0 radical (unpaired) electrons. The van der Waals surface area contributed by atoms with E-state index in [-0.39, 0.29) is 11.4 Å². The SMILES string of the molecule is COc1cc(NC(=O)OC2CCN3Cc4ccccc4N=C23)c(C)cc1[N+](=O)[O-]. The summed E-state index contributed by atoms with van der Waals surface area (Å²) in [5, 5.41) is 13.8. The van der Waals surface area contributed by atoms with Gasteiger partial charge in [0, 0.05) is 31.6 Å². The molecule has 2 aromatic carbocycles. The first kappa shape index (κ1) is 18.7.